The van der Waals surface area contributed by atoms with Gasteiger partial charge in [0.2, 0.25) is 11.7 Å². The van der Waals surface area contributed by atoms with E-state index in [2.05, 4.69) is 10.1 Å². The Bertz CT molecular complexity index is 486. The Kier molecular flexibility index (Phi) is 2.66. The lowest BCUT2D eigenvalue weighted by Crippen LogP contribution is -1.95. The van der Waals surface area contributed by atoms with Crippen LogP contribution in [0.25, 0.3) is 11.4 Å². The van der Waals surface area contributed by atoms with Crippen molar-refractivity contribution in [1.82, 2.24) is 10.1 Å². The van der Waals surface area contributed by atoms with Gasteiger partial charge in [0.15, 0.2) is 0 Å². The highest BCUT2D eigenvalue weighted by Crippen LogP contribution is 2.22. The maximum atomic E-state index is 12.9. The first-order chi connectivity index (χ1) is 7.20. The average Bonchev–Trinajstić information content (AvgIpc) is 2.70. The Labute approximate surface area is 89.8 Å². The van der Waals surface area contributed by atoms with Gasteiger partial charge in [-0.05, 0) is 18.2 Å². The molecule has 6 heteroatoms. The lowest BCUT2D eigenvalue weighted by atomic mass is 10.2. The fourth-order valence-electron chi connectivity index (χ4n) is 1.09. The van der Waals surface area contributed by atoms with Crippen LogP contribution < -0.4 is 5.73 Å². The lowest BCUT2D eigenvalue weighted by molar-refractivity contribution is 0.380. The molecule has 1 aromatic carbocycles. The van der Waals surface area contributed by atoms with E-state index >= 15 is 0 Å². The molecule has 0 atom stereocenters. The van der Waals surface area contributed by atoms with Crippen molar-refractivity contribution in [2.24, 2.45) is 5.73 Å². The van der Waals surface area contributed by atoms with E-state index in [1.807, 2.05) is 0 Å². The maximum Gasteiger partial charge on any atom is 0.240 e. The summed E-state index contributed by atoms with van der Waals surface area (Å²) in [5.41, 5.74) is 5.90. The van der Waals surface area contributed by atoms with E-state index in [0.29, 0.717) is 17.3 Å². The molecule has 0 fully saturated rings. The van der Waals surface area contributed by atoms with Crippen molar-refractivity contribution in [3.63, 3.8) is 0 Å². The predicted octanol–water partition coefficient (Wildman–Crippen LogP) is 1.99. The van der Waals surface area contributed by atoms with Gasteiger partial charge in [-0.25, -0.2) is 4.39 Å². The molecule has 4 nitrogen and oxygen atoms in total. The van der Waals surface area contributed by atoms with Crippen molar-refractivity contribution in [3.05, 3.63) is 34.9 Å². The van der Waals surface area contributed by atoms with Crippen molar-refractivity contribution < 1.29 is 8.91 Å². The highest BCUT2D eigenvalue weighted by atomic mass is 35.5. The van der Waals surface area contributed by atoms with Gasteiger partial charge in [-0.3, -0.25) is 0 Å². The molecular weight excluding hydrogens is 221 g/mol. The Hall–Kier alpha value is -1.46. The summed E-state index contributed by atoms with van der Waals surface area (Å²) in [7, 11) is 0. The molecule has 0 saturated heterocycles. The van der Waals surface area contributed by atoms with Gasteiger partial charge in [0.25, 0.3) is 0 Å². The number of halogens is 2. The van der Waals surface area contributed by atoms with Gasteiger partial charge >= 0.3 is 0 Å². The standard InChI is InChI=1S/C9H7ClFN3O/c10-6-3-5(1-2-7(6)11)9-13-8(4-12)15-14-9/h1-3H,4,12H2. The fraction of sp³-hybridized carbons (Fsp3) is 0.111. The molecule has 1 aromatic heterocycles. The molecular formula is C9H7ClFN3O. The third-order valence-corrected chi connectivity index (χ3v) is 2.11. The predicted molar refractivity (Wildman–Crippen MR) is 52.6 cm³/mol. The normalized spacial score (nSPS) is 10.6. The molecule has 0 aliphatic heterocycles. The molecule has 0 saturated carbocycles. The monoisotopic (exact) mass is 227 g/mol. The van der Waals surface area contributed by atoms with Crippen LogP contribution in [0.3, 0.4) is 0 Å². The summed E-state index contributed by atoms with van der Waals surface area (Å²) in [6.07, 6.45) is 0. The number of hydrogen-bond donors (Lipinski definition) is 1. The van der Waals surface area contributed by atoms with Crippen LogP contribution in [0, 0.1) is 5.82 Å². The summed E-state index contributed by atoms with van der Waals surface area (Å²) < 4.78 is 17.7. The van der Waals surface area contributed by atoms with Gasteiger partial charge in [-0.15, -0.1) is 0 Å². The third kappa shape index (κ3) is 1.98. The largest absolute Gasteiger partial charge is 0.338 e. The summed E-state index contributed by atoms with van der Waals surface area (Å²) >= 11 is 5.62. The first-order valence-electron chi connectivity index (χ1n) is 4.19. The molecule has 2 aromatic rings. The van der Waals surface area contributed by atoms with Crippen LogP contribution in [0.5, 0.6) is 0 Å². The minimum Gasteiger partial charge on any atom is -0.338 e. The zero-order valence-electron chi connectivity index (χ0n) is 7.58. The highest BCUT2D eigenvalue weighted by Gasteiger charge is 2.09. The van der Waals surface area contributed by atoms with Crippen molar-refractivity contribution >= 4 is 11.6 Å². The first kappa shape index (κ1) is 10.1. The zero-order chi connectivity index (χ0) is 10.8. The molecule has 2 N–H and O–H groups in total. The third-order valence-electron chi connectivity index (χ3n) is 1.82. The quantitative estimate of drug-likeness (QED) is 0.852. The minimum absolute atomic E-state index is 0.0200. The second-order valence-electron chi connectivity index (χ2n) is 2.84. The summed E-state index contributed by atoms with van der Waals surface area (Å²) in [5, 5.41) is 3.70. The Morgan fingerprint density at radius 2 is 2.27 bits per heavy atom. The molecule has 2 rings (SSSR count). The summed E-state index contributed by atoms with van der Waals surface area (Å²) in [6.45, 7) is 0.169. The fourth-order valence-corrected chi connectivity index (χ4v) is 1.27. The molecule has 15 heavy (non-hydrogen) atoms. The highest BCUT2D eigenvalue weighted by molar-refractivity contribution is 6.31. The van der Waals surface area contributed by atoms with Crippen molar-refractivity contribution in [2.75, 3.05) is 0 Å². The van der Waals surface area contributed by atoms with Gasteiger partial charge in [0, 0.05) is 5.56 Å². The van der Waals surface area contributed by atoms with Gasteiger partial charge < -0.3 is 10.3 Å². The molecule has 0 unspecified atom stereocenters. The molecule has 0 amide bonds. The van der Waals surface area contributed by atoms with Crippen LogP contribution in [0.4, 0.5) is 4.39 Å². The lowest BCUT2D eigenvalue weighted by Gasteiger charge is -1.96. The number of nitrogens with zero attached hydrogens (tertiary/aromatic N) is 2. The topological polar surface area (TPSA) is 64.9 Å². The van der Waals surface area contributed by atoms with Gasteiger partial charge in [0.1, 0.15) is 5.82 Å². The van der Waals surface area contributed by atoms with Crippen molar-refractivity contribution in [2.45, 2.75) is 6.54 Å². The number of hydrogen-bond acceptors (Lipinski definition) is 4. The summed E-state index contributed by atoms with van der Waals surface area (Å²) in [4.78, 5) is 3.99. The van der Waals surface area contributed by atoms with E-state index in [4.69, 9.17) is 21.9 Å². The van der Waals surface area contributed by atoms with Gasteiger partial charge in [-0.2, -0.15) is 4.98 Å². The van der Waals surface area contributed by atoms with Crippen LogP contribution in [0.15, 0.2) is 22.7 Å². The molecule has 0 radical (unpaired) electrons. The first-order valence-corrected chi connectivity index (χ1v) is 4.56. The molecule has 0 aliphatic rings. The van der Waals surface area contributed by atoms with Crippen LogP contribution in [0.1, 0.15) is 5.89 Å². The number of benzene rings is 1. The Morgan fingerprint density at radius 3 is 2.87 bits per heavy atom. The van der Waals surface area contributed by atoms with E-state index in [-0.39, 0.29) is 11.6 Å². The SMILES string of the molecule is NCc1nc(-c2ccc(F)c(Cl)c2)no1. The summed E-state index contributed by atoms with van der Waals surface area (Å²) in [6, 6.07) is 4.20. The van der Waals surface area contributed by atoms with Crippen LogP contribution in [0.2, 0.25) is 5.02 Å². The summed E-state index contributed by atoms with van der Waals surface area (Å²) in [5.74, 6) is 0.186. The van der Waals surface area contributed by atoms with E-state index in [1.54, 1.807) is 0 Å². The Balaban J connectivity index is 2.40. The van der Waals surface area contributed by atoms with E-state index in [1.165, 1.54) is 18.2 Å². The second kappa shape index (κ2) is 3.96. The maximum absolute atomic E-state index is 12.9. The smallest absolute Gasteiger partial charge is 0.240 e. The molecule has 0 bridgehead atoms. The van der Waals surface area contributed by atoms with Crippen LogP contribution >= 0.6 is 11.6 Å². The van der Waals surface area contributed by atoms with E-state index in [0.717, 1.165) is 0 Å². The van der Waals surface area contributed by atoms with Crippen LogP contribution in [-0.2, 0) is 6.54 Å². The van der Waals surface area contributed by atoms with Crippen molar-refractivity contribution in [3.8, 4) is 11.4 Å². The Morgan fingerprint density at radius 1 is 1.47 bits per heavy atom. The number of nitrogens with two attached hydrogens (primary N) is 1. The van der Waals surface area contributed by atoms with Gasteiger partial charge in [0.05, 0.1) is 11.6 Å². The minimum atomic E-state index is -0.483. The van der Waals surface area contributed by atoms with E-state index < -0.39 is 5.82 Å². The number of rotatable bonds is 2. The molecule has 78 valence electrons. The zero-order valence-corrected chi connectivity index (χ0v) is 8.33. The van der Waals surface area contributed by atoms with Crippen LogP contribution in [-0.4, -0.2) is 10.1 Å². The van der Waals surface area contributed by atoms with E-state index in [9.17, 15) is 4.39 Å². The van der Waals surface area contributed by atoms with Crippen molar-refractivity contribution in [1.29, 1.82) is 0 Å². The number of aromatic nitrogens is 2. The average molecular weight is 228 g/mol. The molecule has 0 spiro atoms. The van der Waals surface area contributed by atoms with Gasteiger partial charge in [-0.1, -0.05) is 16.8 Å². The molecule has 1 heterocycles. The second-order valence-corrected chi connectivity index (χ2v) is 3.25. The molecule has 0 aliphatic carbocycles.